The summed E-state index contributed by atoms with van der Waals surface area (Å²) in [4.78, 5) is 0. The number of rotatable bonds is 3. The van der Waals surface area contributed by atoms with Crippen molar-refractivity contribution < 1.29 is 4.74 Å². The largest absolute Gasteiger partial charge is 0.496 e. The van der Waals surface area contributed by atoms with Gasteiger partial charge in [-0.3, -0.25) is 0 Å². The van der Waals surface area contributed by atoms with Crippen LogP contribution >= 0.6 is 0 Å². The molecule has 0 aliphatic rings. The highest BCUT2D eigenvalue weighted by molar-refractivity contribution is 5.80. The van der Waals surface area contributed by atoms with Gasteiger partial charge in [-0.2, -0.15) is 5.26 Å². The lowest BCUT2D eigenvalue weighted by molar-refractivity contribution is 0.413. The Labute approximate surface area is 110 Å². The van der Waals surface area contributed by atoms with Crippen molar-refractivity contribution in [1.82, 2.24) is 0 Å². The fraction of sp³-hybridized carbons (Fsp3) is 0.438. The van der Waals surface area contributed by atoms with Gasteiger partial charge in [0.2, 0.25) is 0 Å². The first-order valence-corrected chi connectivity index (χ1v) is 6.23. The van der Waals surface area contributed by atoms with Gasteiger partial charge in [-0.05, 0) is 29.5 Å². The monoisotopic (exact) mass is 243 g/mol. The summed E-state index contributed by atoms with van der Waals surface area (Å²) in [5.41, 5.74) is 2.83. The van der Waals surface area contributed by atoms with Crippen LogP contribution in [0.3, 0.4) is 0 Å². The van der Waals surface area contributed by atoms with E-state index in [2.05, 4.69) is 39.0 Å². The summed E-state index contributed by atoms with van der Waals surface area (Å²) in [7, 11) is 1.64. The van der Waals surface area contributed by atoms with Gasteiger partial charge < -0.3 is 4.74 Å². The number of benzene rings is 1. The molecular formula is C16H21NO. The van der Waals surface area contributed by atoms with Crippen molar-refractivity contribution in [3.8, 4) is 11.8 Å². The molecule has 1 aromatic carbocycles. The molecule has 2 heteroatoms. The van der Waals surface area contributed by atoms with Gasteiger partial charge >= 0.3 is 0 Å². The minimum atomic E-state index is 0.0633. The van der Waals surface area contributed by atoms with Gasteiger partial charge in [-0.25, -0.2) is 0 Å². The van der Waals surface area contributed by atoms with Gasteiger partial charge in [0.25, 0.3) is 0 Å². The van der Waals surface area contributed by atoms with E-state index in [1.807, 2.05) is 19.1 Å². The standard InChI is InChI=1S/C16H21NO/c1-6-7-12(11-17)14-10-13(16(2,3)4)8-9-15(14)18-5/h7-10H,6H2,1-5H3/b12-7+. The Bertz CT molecular complexity index is 487. The normalized spacial score (nSPS) is 12.1. The third-order valence-corrected chi connectivity index (χ3v) is 2.88. The second-order valence-electron chi connectivity index (χ2n) is 5.30. The lowest BCUT2D eigenvalue weighted by Gasteiger charge is -2.21. The third kappa shape index (κ3) is 3.13. The zero-order valence-corrected chi connectivity index (χ0v) is 11.9. The van der Waals surface area contributed by atoms with Crippen LogP contribution in [-0.2, 0) is 5.41 Å². The summed E-state index contributed by atoms with van der Waals surface area (Å²) in [6.45, 7) is 8.51. The SMILES string of the molecule is CC/C=C(\C#N)c1cc(C(C)(C)C)ccc1OC. The number of nitriles is 1. The van der Waals surface area contributed by atoms with Crippen LogP contribution in [-0.4, -0.2) is 7.11 Å². The molecule has 0 amide bonds. The van der Waals surface area contributed by atoms with E-state index in [1.165, 1.54) is 5.56 Å². The van der Waals surface area contributed by atoms with Crippen molar-refractivity contribution in [2.45, 2.75) is 39.5 Å². The van der Waals surface area contributed by atoms with Gasteiger partial charge in [-0.1, -0.05) is 39.8 Å². The van der Waals surface area contributed by atoms with E-state index >= 15 is 0 Å². The third-order valence-electron chi connectivity index (χ3n) is 2.88. The highest BCUT2D eigenvalue weighted by atomic mass is 16.5. The Morgan fingerprint density at radius 1 is 1.39 bits per heavy atom. The number of hydrogen-bond acceptors (Lipinski definition) is 2. The van der Waals surface area contributed by atoms with Crippen LogP contribution in [0.1, 0.15) is 45.2 Å². The number of nitrogens with zero attached hydrogens (tertiary/aromatic N) is 1. The topological polar surface area (TPSA) is 33.0 Å². The van der Waals surface area contributed by atoms with E-state index in [0.29, 0.717) is 5.57 Å². The molecule has 18 heavy (non-hydrogen) atoms. The van der Waals surface area contributed by atoms with Crippen LogP contribution in [0.2, 0.25) is 0 Å². The second kappa shape index (κ2) is 5.73. The minimum Gasteiger partial charge on any atom is -0.496 e. The molecule has 0 aromatic heterocycles. The van der Waals surface area contributed by atoms with Crippen molar-refractivity contribution in [2.75, 3.05) is 7.11 Å². The van der Waals surface area contributed by atoms with Crippen LogP contribution in [0.5, 0.6) is 5.75 Å². The second-order valence-corrected chi connectivity index (χ2v) is 5.30. The molecule has 0 saturated carbocycles. The predicted octanol–water partition coefficient (Wildman–Crippen LogP) is 4.31. The first-order valence-electron chi connectivity index (χ1n) is 6.23. The average Bonchev–Trinajstić information content (AvgIpc) is 2.34. The Morgan fingerprint density at radius 2 is 2.06 bits per heavy atom. The molecular weight excluding hydrogens is 222 g/mol. The maximum absolute atomic E-state index is 9.25. The molecule has 0 bridgehead atoms. The maximum atomic E-state index is 9.25. The molecule has 2 nitrogen and oxygen atoms in total. The smallest absolute Gasteiger partial charge is 0.127 e. The summed E-state index contributed by atoms with van der Waals surface area (Å²) < 4.78 is 5.35. The van der Waals surface area contributed by atoms with Crippen LogP contribution in [0, 0.1) is 11.3 Å². The van der Waals surface area contributed by atoms with Crippen LogP contribution in [0.15, 0.2) is 24.3 Å². The van der Waals surface area contributed by atoms with Gasteiger partial charge in [0.1, 0.15) is 5.75 Å². The van der Waals surface area contributed by atoms with Gasteiger partial charge in [0.05, 0.1) is 18.8 Å². The predicted molar refractivity (Wildman–Crippen MR) is 75.6 cm³/mol. The minimum absolute atomic E-state index is 0.0633. The van der Waals surface area contributed by atoms with Crippen LogP contribution < -0.4 is 4.74 Å². The fourth-order valence-electron chi connectivity index (χ4n) is 1.80. The molecule has 1 rings (SSSR count). The zero-order valence-electron chi connectivity index (χ0n) is 11.9. The van der Waals surface area contributed by atoms with Crippen molar-refractivity contribution in [3.63, 3.8) is 0 Å². The van der Waals surface area contributed by atoms with Gasteiger partial charge in [-0.15, -0.1) is 0 Å². The van der Waals surface area contributed by atoms with Crippen molar-refractivity contribution in [1.29, 1.82) is 5.26 Å². The number of ether oxygens (including phenoxy) is 1. The van der Waals surface area contributed by atoms with Crippen LogP contribution in [0.4, 0.5) is 0 Å². The molecule has 96 valence electrons. The van der Waals surface area contributed by atoms with Gasteiger partial charge in [0.15, 0.2) is 0 Å². The molecule has 0 heterocycles. The molecule has 0 fully saturated rings. The van der Waals surface area contributed by atoms with E-state index in [9.17, 15) is 5.26 Å². The molecule has 1 aromatic rings. The van der Waals surface area contributed by atoms with E-state index in [0.717, 1.165) is 17.7 Å². The Kier molecular flexibility index (Phi) is 4.55. The average molecular weight is 243 g/mol. The van der Waals surface area contributed by atoms with E-state index in [1.54, 1.807) is 7.11 Å². The number of allylic oxidation sites excluding steroid dienone is 2. The quantitative estimate of drug-likeness (QED) is 0.741. The lowest BCUT2D eigenvalue weighted by Crippen LogP contribution is -2.11. The molecule has 0 atom stereocenters. The van der Waals surface area contributed by atoms with Gasteiger partial charge in [0, 0.05) is 5.56 Å². The Morgan fingerprint density at radius 3 is 2.50 bits per heavy atom. The molecule has 0 aliphatic heterocycles. The Hall–Kier alpha value is -1.75. The maximum Gasteiger partial charge on any atom is 0.127 e. The van der Waals surface area contributed by atoms with E-state index in [-0.39, 0.29) is 5.41 Å². The fourth-order valence-corrected chi connectivity index (χ4v) is 1.80. The number of methoxy groups -OCH3 is 1. The lowest BCUT2D eigenvalue weighted by atomic mass is 9.85. The highest BCUT2D eigenvalue weighted by Gasteiger charge is 2.17. The highest BCUT2D eigenvalue weighted by Crippen LogP contribution is 2.32. The van der Waals surface area contributed by atoms with E-state index in [4.69, 9.17) is 4.74 Å². The summed E-state index contributed by atoms with van der Waals surface area (Å²) in [5.74, 6) is 0.754. The zero-order chi connectivity index (χ0) is 13.8. The first kappa shape index (κ1) is 14.3. The van der Waals surface area contributed by atoms with Crippen molar-refractivity contribution >= 4 is 5.57 Å². The van der Waals surface area contributed by atoms with Crippen LogP contribution in [0.25, 0.3) is 5.57 Å². The summed E-state index contributed by atoms with van der Waals surface area (Å²) in [6, 6.07) is 8.31. The van der Waals surface area contributed by atoms with Crippen molar-refractivity contribution in [3.05, 3.63) is 35.4 Å². The summed E-state index contributed by atoms with van der Waals surface area (Å²) in [6.07, 6.45) is 2.77. The summed E-state index contributed by atoms with van der Waals surface area (Å²) >= 11 is 0. The Balaban J connectivity index is 3.40. The molecule has 0 spiro atoms. The first-order chi connectivity index (χ1) is 8.43. The molecule has 0 unspecified atom stereocenters. The summed E-state index contributed by atoms with van der Waals surface area (Å²) in [5, 5.41) is 9.25. The number of hydrogen-bond donors (Lipinski definition) is 0. The molecule has 0 saturated heterocycles. The molecule has 0 radical (unpaired) electrons. The van der Waals surface area contributed by atoms with Crippen molar-refractivity contribution in [2.24, 2.45) is 0 Å². The molecule has 0 aliphatic carbocycles. The molecule has 0 N–H and O–H groups in total. The van der Waals surface area contributed by atoms with E-state index < -0.39 is 0 Å².